The van der Waals surface area contributed by atoms with Gasteiger partial charge in [-0.2, -0.15) is 0 Å². The van der Waals surface area contributed by atoms with Crippen molar-refractivity contribution in [1.29, 1.82) is 0 Å². The minimum atomic E-state index is -0.0322. The first-order valence-electron chi connectivity index (χ1n) is 14.0. The van der Waals surface area contributed by atoms with Crippen molar-refractivity contribution in [3.63, 3.8) is 0 Å². The number of benzene rings is 3. The molecule has 0 aliphatic heterocycles. The number of nitrogens with zero attached hydrogens (tertiary/aromatic N) is 2. The highest BCUT2D eigenvalue weighted by molar-refractivity contribution is 9.10. The highest BCUT2D eigenvalue weighted by atomic mass is 79.9. The molecule has 1 heterocycles. The van der Waals surface area contributed by atoms with Gasteiger partial charge in [0, 0.05) is 29.5 Å². The van der Waals surface area contributed by atoms with E-state index in [4.69, 9.17) is 14.5 Å². The molecular formula is C33H38BrN3O3. The molecular weight excluding hydrogens is 566 g/mol. The average Bonchev–Trinajstić information content (AvgIpc) is 3.32. The van der Waals surface area contributed by atoms with Crippen LogP contribution in [0.2, 0.25) is 0 Å². The van der Waals surface area contributed by atoms with Gasteiger partial charge in [0.2, 0.25) is 0 Å². The molecule has 0 spiro atoms. The fraction of sp³-hybridized carbons (Fsp3) is 0.333. The van der Waals surface area contributed by atoms with Gasteiger partial charge in [-0.15, -0.1) is 6.58 Å². The van der Waals surface area contributed by atoms with Crippen LogP contribution in [-0.2, 0) is 19.4 Å². The Labute approximate surface area is 245 Å². The lowest BCUT2D eigenvalue weighted by Crippen LogP contribution is -2.24. The Hall–Kier alpha value is -3.58. The lowest BCUT2D eigenvalue weighted by molar-refractivity contribution is 0.0953. The van der Waals surface area contributed by atoms with Gasteiger partial charge in [-0.25, -0.2) is 4.98 Å². The molecule has 40 heavy (non-hydrogen) atoms. The van der Waals surface area contributed by atoms with Gasteiger partial charge in [-0.1, -0.05) is 52.7 Å². The van der Waals surface area contributed by atoms with Crippen LogP contribution in [0.4, 0.5) is 0 Å². The third-order valence-corrected chi connectivity index (χ3v) is 7.32. The summed E-state index contributed by atoms with van der Waals surface area (Å²) in [5, 5.41) is 3.02. The maximum Gasteiger partial charge on any atom is 0.251 e. The van der Waals surface area contributed by atoms with Crippen LogP contribution in [0.3, 0.4) is 0 Å². The van der Waals surface area contributed by atoms with E-state index >= 15 is 0 Å². The molecule has 210 valence electrons. The molecule has 3 aromatic carbocycles. The SMILES string of the molecule is C=CCc1ccc(OCCCCn2c(CCCCCNC(=O)c3cccc(Br)c3)nc3ccccc32)c(OC)c1. The van der Waals surface area contributed by atoms with Crippen LogP contribution >= 0.6 is 15.9 Å². The number of imidazole rings is 1. The highest BCUT2D eigenvalue weighted by Crippen LogP contribution is 2.28. The van der Waals surface area contributed by atoms with E-state index in [2.05, 4.69) is 56.7 Å². The van der Waals surface area contributed by atoms with Crippen LogP contribution in [-0.4, -0.2) is 35.7 Å². The molecule has 7 heteroatoms. The Kier molecular flexibility index (Phi) is 11.2. The predicted molar refractivity (Wildman–Crippen MR) is 165 cm³/mol. The van der Waals surface area contributed by atoms with Gasteiger partial charge in [-0.3, -0.25) is 4.79 Å². The summed E-state index contributed by atoms with van der Waals surface area (Å²) < 4.78 is 14.8. The number of hydrogen-bond acceptors (Lipinski definition) is 4. The lowest BCUT2D eigenvalue weighted by Gasteiger charge is -2.13. The van der Waals surface area contributed by atoms with E-state index in [1.807, 2.05) is 48.5 Å². The largest absolute Gasteiger partial charge is 0.493 e. The number of halogens is 1. The maximum atomic E-state index is 12.3. The summed E-state index contributed by atoms with van der Waals surface area (Å²) in [6.07, 6.45) is 8.53. The molecule has 0 saturated carbocycles. The van der Waals surface area contributed by atoms with E-state index in [-0.39, 0.29) is 5.91 Å². The number of aryl methyl sites for hydroxylation is 2. The molecule has 0 unspecified atom stereocenters. The third kappa shape index (κ3) is 8.21. The van der Waals surface area contributed by atoms with Gasteiger partial charge in [0.1, 0.15) is 5.82 Å². The summed E-state index contributed by atoms with van der Waals surface area (Å²) in [6.45, 7) is 6.00. The smallest absolute Gasteiger partial charge is 0.251 e. The number of aromatic nitrogens is 2. The van der Waals surface area contributed by atoms with Crippen LogP contribution in [0.5, 0.6) is 11.5 Å². The summed E-state index contributed by atoms with van der Waals surface area (Å²) in [5.41, 5.74) is 4.05. The summed E-state index contributed by atoms with van der Waals surface area (Å²) in [5.74, 6) is 2.63. The number of unbranched alkanes of at least 4 members (excludes halogenated alkanes) is 3. The number of rotatable bonds is 16. The first-order valence-corrected chi connectivity index (χ1v) is 14.8. The third-order valence-electron chi connectivity index (χ3n) is 6.82. The van der Waals surface area contributed by atoms with E-state index in [0.29, 0.717) is 18.7 Å². The van der Waals surface area contributed by atoms with Crippen molar-refractivity contribution in [1.82, 2.24) is 14.9 Å². The van der Waals surface area contributed by atoms with Gasteiger partial charge in [0.15, 0.2) is 11.5 Å². The molecule has 6 nitrogen and oxygen atoms in total. The van der Waals surface area contributed by atoms with Gasteiger partial charge >= 0.3 is 0 Å². The Bertz CT molecular complexity index is 1420. The van der Waals surface area contributed by atoms with Gasteiger partial charge in [0.05, 0.1) is 24.8 Å². The monoisotopic (exact) mass is 603 g/mol. The van der Waals surface area contributed by atoms with Crippen LogP contribution in [0.15, 0.2) is 83.9 Å². The number of carbonyl (C=O) groups is 1. The second-order valence-electron chi connectivity index (χ2n) is 9.78. The van der Waals surface area contributed by atoms with Crippen LogP contribution in [0.1, 0.15) is 53.8 Å². The molecule has 0 aliphatic carbocycles. The molecule has 0 saturated heterocycles. The zero-order valence-electron chi connectivity index (χ0n) is 23.2. The van der Waals surface area contributed by atoms with Crippen molar-refractivity contribution < 1.29 is 14.3 Å². The van der Waals surface area contributed by atoms with Gasteiger partial charge < -0.3 is 19.4 Å². The molecule has 1 N–H and O–H groups in total. The summed E-state index contributed by atoms with van der Waals surface area (Å²) in [7, 11) is 1.67. The number of nitrogens with one attached hydrogen (secondary N) is 1. The second-order valence-corrected chi connectivity index (χ2v) is 10.7. The minimum absolute atomic E-state index is 0.0322. The number of methoxy groups -OCH3 is 1. The Balaban J connectivity index is 1.23. The van der Waals surface area contributed by atoms with E-state index in [9.17, 15) is 4.79 Å². The highest BCUT2D eigenvalue weighted by Gasteiger charge is 2.11. The molecule has 4 rings (SSSR count). The quantitative estimate of drug-likeness (QED) is 0.106. The topological polar surface area (TPSA) is 65.4 Å². The molecule has 0 fully saturated rings. The number of ether oxygens (including phenoxy) is 2. The predicted octanol–water partition coefficient (Wildman–Crippen LogP) is 7.54. The number of carbonyl (C=O) groups excluding carboxylic acids is 1. The maximum absolute atomic E-state index is 12.3. The molecule has 4 aromatic rings. The number of hydrogen-bond donors (Lipinski definition) is 1. The fourth-order valence-electron chi connectivity index (χ4n) is 4.76. The first-order chi connectivity index (χ1) is 19.6. The fourth-order valence-corrected chi connectivity index (χ4v) is 5.16. The van der Waals surface area contributed by atoms with Crippen molar-refractivity contribution in [3.8, 4) is 11.5 Å². The lowest BCUT2D eigenvalue weighted by atomic mass is 10.1. The number of amides is 1. The zero-order valence-corrected chi connectivity index (χ0v) is 24.8. The average molecular weight is 605 g/mol. The van der Waals surface area contributed by atoms with E-state index in [0.717, 1.165) is 84.4 Å². The number of fused-ring (bicyclic) bond motifs is 1. The number of allylic oxidation sites excluding steroid dienone is 1. The number of para-hydroxylation sites is 2. The van der Waals surface area contributed by atoms with Crippen molar-refractivity contribution in [3.05, 3.63) is 101 Å². The standard InChI is InChI=1S/C33H38BrN3O3/c1-3-12-25-18-19-30(31(23-25)39-2)40-22-10-9-21-37-29-16-7-6-15-28(29)36-32(37)17-5-4-8-20-35-33(38)26-13-11-14-27(34)24-26/h3,6-7,11,13-16,18-19,23-24H,1,4-5,8-10,12,17,20-22H2,2H3,(H,35,38). The molecule has 0 bridgehead atoms. The summed E-state index contributed by atoms with van der Waals surface area (Å²) in [4.78, 5) is 17.3. The van der Waals surface area contributed by atoms with Crippen LogP contribution in [0, 0.1) is 0 Å². The first kappa shape index (κ1) is 29.4. The van der Waals surface area contributed by atoms with E-state index < -0.39 is 0 Å². The molecule has 0 atom stereocenters. The van der Waals surface area contributed by atoms with Crippen molar-refractivity contribution in [2.24, 2.45) is 0 Å². The van der Waals surface area contributed by atoms with Crippen molar-refractivity contribution in [2.75, 3.05) is 20.3 Å². The Morgan fingerprint density at radius 1 is 1.00 bits per heavy atom. The van der Waals surface area contributed by atoms with Gasteiger partial charge in [0.25, 0.3) is 5.91 Å². The summed E-state index contributed by atoms with van der Waals surface area (Å²) >= 11 is 3.42. The molecule has 1 amide bonds. The van der Waals surface area contributed by atoms with Crippen molar-refractivity contribution in [2.45, 2.75) is 51.5 Å². The normalized spacial score (nSPS) is 10.9. The minimum Gasteiger partial charge on any atom is -0.493 e. The molecule has 1 aromatic heterocycles. The van der Waals surface area contributed by atoms with E-state index in [1.165, 1.54) is 5.52 Å². The Morgan fingerprint density at radius 3 is 2.70 bits per heavy atom. The van der Waals surface area contributed by atoms with Crippen LogP contribution in [0.25, 0.3) is 11.0 Å². The zero-order chi connectivity index (χ0) is 28.2. The summed E-state index contributed by atoms with van der Waals surface area (Å²) in [6, 6.07) is 21.8. The molecule has 0 radical (unpaired) electrons. The second kappa shape index (κ2) is 15.3. The van der Waals surface area contributed by atoms with Crippen molar-refractivity contribution >= 4 is 32.9 Å². The van der Waals surface area contributed by atoms with Crippen LogP contribution < -0.4 is 14.8 Å². The van der Waals surface area contributed by atoms with E-state index in [1.54, 1.807) is 7.11 Å². The Morgan fingerprint density at radius 2 is 1.88 bits per heavy atom. The molecule has 0 aliphatic rings. The van der Waals surface area contributed by atoms with Gasteiger partial charge in [-0.05, 0) is 80.1 Å².